The van der Waals surface area contributed by atoms with Gasteiger partial charge < -0.3 is 5.32 Å². The third-order valence-corrected chi connectivity index (χ3v) is 2.31. The Morgan fingerprint density at radius 1 is 1.27 bits per heavy atom. The molecule has 0 fully saturated rings. The Balaban J connectivity index is 2.12. The van der Waals surface area contributed by atoms with Gasteiger partial charge in [-0.25, -0.2) is 9.97 Å². The molecule has 0 bridgehead atoms. The Bertz CT molecular complexity index is 272. The number of anilines is 1. The van der Waals surface area contributed by atoms with E-state index >= 15 is 0 Å². The largest absolute Gasteiger partial charge is 0.354 e. The molecule has 0 saturated heterocycles. The van der Waals surface area contributed by atoms with E-state index in [0.29, 0.717) is 11.0 Å². The van der Waals surface area contributed by atoms with Gasteiger partial charge in [-0.3, -0.25) is 0 Å². The summed E-state index contributed by atoms with van der Waals surface area (Å²) in [6.07, 6.45) is 6.89. The summed E-state index contributed by atoms with van der Waals surface area (Å²) >= 11 is 5.68. The highest BCUT2D eigenvalue weighted by molar-refractivity contribution is 6.30. The van der Waals surface area contributed by atoms with Crippen LogP contribution in [0.4, 0.5) is 5.95 Å². The zero-order valence-electron chi connectivity index (χ0n) is 9.33. The SMILES string of the molecule is CC(C)CCCCNc1ncc(Cl)cn1. The second-order valence-electron chi connectivity index (χ2n) is 4.04. The lowest BCUT2D eigenvalue weighted by Crippen LogP contribution is -2.05. The normalized spacial score (nSPS) is 10.7. The van der Waals surface area contributed by atoms with Crippen molar-refractivity contribution in [1.82, 2.24) is 9.97 Å². The molecule has 15 heavy (non-hydrogen) atoms. The summed E-state index contributed by atoms with van der Waals surface area (Å²) in [4.78, 5) is 8.11. The maximum atomic E-state index is 5.68. The van der Waals surface area contributed by atoms with E-state index in [9.17, 15) is 0 Å². The number of halogens is 1. The first-order valence-corrected chi connectivity index (χ1v) is 5.77. The lowest BCUT2D eigenvalue weighted by molar-refractivity contribution is 0.544. The Morgan fingerprint density at radius 3 is 2.53 bits per heavy atom. The smallest absolute Gasteiger partial charge is 0.222 e. The number of hydrogen-bond acceptors (Lipinski definition) is 3. The van der Waals surface area contributed by atoms with Crippen LogP contribution in [0.3, 0.4) is 0 Å². The Kier molecular flexibility index (Phi) is 5.40. The quantitative estimate of drug-likeness (QED) is 0.758. The Hall–Kier alpha value is -0.830. The van der Waals surface area contributed by atoms with Crippen LogP contribution in [0.1, 0.15) is 33.1 Å². The minimum Gasteiger partial charge on any atom is -0.354 e. The maximum absolute atomic E-state index is 5.68. The molecule has 0 radical (unpaired) electrons. The van der Waals surface area contributed by atoms with Crippen LogP contribution in [0, 0.1) is 5.92 Å². The Labute approximate surface area is 96.3 Å². The van der Waals surface area contributed by atoms with Crippen molar-refractivity contribution in [3.05, 3.63) is 17.4 Å². The minimum atomic E-state index is 0.570. The molecule has 0 aliphatic carbocycles. The number of unbranched alkanes of at least 4 members (excludes halogenated alkanes) is 1. The van der Waals surface area contributed by atoms with E-state index in [1.807, 2.05) is 0 Å². The van der Waals surface area contributed by atoms with Crippen molar-refractivity contribution in [3.63, 3.8) is 0 Å². The molecular formula is C11H18ClN3. The first kappa shape index (κ1) is 12.2. The first-order valence-electron chi connectivity index (χ1n) is 5.40. The van der Waals surface area contributed by atoms with Crippen LogP contribution in [-0.2, 0) is 0 Å². The minimum absolute atomic E-state index is 0.570. The van der Waals surface area contributed by atoms with Gasteiger partial charge >= 0.3 is 0 Å². The van der Waals surface area contributed by atoms with Crippen molar-refractivity contribution in [3.8, 4) is 0 Å². The summed E-state index contributed by atoms with van der Waals surface area (Å²) in [5.74, 6) is 1.45. The van der Waals surface area contributed by atoms with Crippen LogP contribution >= 0.6 is 11.6 Å². The molecule has 1 rings (SSSR count). The molecule has 1 aromatic rings. The fraction of sp³-hybridized carbons (Fsp3) is 0.636. The molecule has 0 aliphatic heterocycles. The molecule has 0 atom stereocenters. The van der Waals surface area contributed by atoms with Crippen LogP contribution in [0.25, 0.3) is 0 Å². The van der Waals surface area contributed by atoms with Gasteiger partial charge in [0.25, 0.3) is 0 Å². The fourth-order valence-electron chi connectivity index (χ4n) is 1.28. The molecule has 0 unspecified atom stereocenters. The van der Waals surface area contributed by atoms with Crippen molar-refractivity contribution < 1.29 is 0 Å². The monoisotopic (exact) mass is 227 g/mol. The third kappa shape index (κ3) is 5.57. The molecule has 1 heterocycles. The summed E-state index contributed by atoms with van der Waals surface area (Å²) < 4.78 is 0. The molecule has 0 aromatic carbocycles. The fourth-order valence-corrected chi connectivity index (χ4v) is 1.38. The van der Waals surface area contributed by atoms with E-state index in [0.717, 1.165) is 18.9 Å². The lowest BCUT2D eigenvalue weighted by atomic mass is 10.1. The molecule has 3 nitrogen and oxygen atoms in total. The van der Waals surface area contributed by atoms with Gasteiger partial charge in [0.1, 0.15) is 0 Å². The van der Waals surface area contributed by atoms with Gasteiger partial charge in [-0.15, -0.1) is 0 Å². The van der Waals surface area contributed by atoms with E-state index in [4.69, 9.17) is 11.6 Å². The average molecular weight is 228 g/mol. The van der Waals surface area contributed by atoms with Gasteiger partial charge in [0, 0.05) is 6.54 Å². The zero-order chi connectivity index (χ0) is 11.1. The maximum Gasteiger partial charge on any atom is 0.222 e. The summed E-state index contributed by atoms with van der Waals surface area (Å²) in [5, 5.41) is 3.73. The van der Waals surface area contributed by atoms with Crippen molar-refractivity contribution in [1.29, 1.82) is 0 Å². The zero-order valence-corrected chi connectivity index (χ0v) is 10.1. The topological polar surface area (TPSA) is 37.8 Å². The number of nitrogens with one attached hydrogen (secondary N) is 1. The number of rotatable bonds is 6. The highest BCUT2D eigenvalue weighted by Crippen LogP contribution is 2.07. The number of nitrogens with zero attached hydrogens (tertiary/aromatic N) is 2. The molecule has 0 aliphatic rings. The second kappa shape index (κ2) is 6.62. The molecule has 84 valence electrons. The van der Waals surface area contributed by atoms with Crippen molar-refractivity contribution in [2.45, 2.75) is 33.1 Å². The van der Waals surface area contributed by atoms with Gasteiger partial charge in [0.05, 0.1) is 17.4 Å². The third-order valence-electron chi connectivity index (χ3n) is 2.11. The molecule has 4 heteroatoms. The predicted molar refractivity (Wildman–Crippen MR) is 64.2 cm³/mol. The molecule has 1 N–H and O–H groups in total. The summed E-state index contributed by atoms with van der Waals surface area (Å²) in [6.45, 7) is 5.42. The number of hydrogen-bond donors (Lipinski definition) is 1. The summed E-state index contributed by atoms with van der Waals surface area (Å²) in [5.41, 5.74) is 0. The standard InChI is InChI=1S/C11H18ClN3/c1-9(2)5-3-4-6-13-11-14-7-10(12)8-15-11/h7-9H,3-6H2,1-2H3,(H,13,14,15). The van der Waals surface area contributed by atoms with Gasteiger partial charge in [0.15, 0.2) is 0 Å². The van der Waals surface area contributed by atoms with Crippen molar-refractivity contribution in [2.24, 2.45) is 5.92 Å². The predicted octanol–water partition coefficient (Wildman–Crippen LogP) is 3.37. The molecule has 0 saturated carbocycles. The van der Waals surface area contributed by atoms with E-state index in [2.05, 4.69) is 29.1 Å². The van der Waals surface area contributed by atoms with Crippen LogP contribution in [0.15, 0.2) is 12.4 Å². The molecule has 0 amide bonds. The Morgan fingerprint density at radius 2 is 1.93 bits per heavy atom. The van der Waals surface area contributed by atoms with Crippen LogP contribution < -0.4 is 5.32 Å². The highest BCUT2D eigenvalue weighted by Gasteiger charge is 1.96. The summed E-state index contributed by atoms with van der Waals surface area (Å²) in [7, 11) is 0. The molecule has 0 spiro atoms. The van der Waals surface area contributed by atoms with Crippen LogP contribution in [-0.4, -0.2) is 16.5 Å². The van der Waals surface area contributed by atoms with Crippen LogP contribution in [0.5, 0.6) is 0 Å². The van der Waals surface area contributed by atoms with E-state index in [-0.39, 0.29) is 0 Å². The number of aromatic nitrogens is 2. The van der Waals surface area contributed by atoms with Crippen molar-refractivity contribution in [2.75, 3.05) is 11.9 Å². The van der Waals surface area contributed by atoms with Gasteiger partial charge in [-0.1, -0.05) is 38.3 Å². The molecular weight excluding hydrogens is 210 g/mol. The lowest BCUT2D eigenvalue weighted by Gasteiger charge is -2.05. The van der Waals surface area contributed by atoms with E-state index < -0.39 is 0 Å². The first-order chi connectivity index (χ1) is 7.18. The van der Waals surface area contributed by atoms with Crippen LogP contribution in [0.2, 0.25) is 5.02 Å². The highest BCUT2D eigenvalue weighted by atomic mass is 35.5. The van der Waals surface area contributed by atoms with E-state index in [1.165, 1.54) is 12.8 Å². The summed E-state index contributed by atoms with van der Waals surface area (Å²) in [6, 6.07) is 0. The van der Waals surface area contributed by atoms with Gasteiger partial charge in [-0.2, -0.15) is 0 Å². The average Bonchev–Trinajstić information content (AvgIpc) is 2.20. The van der Waals surface area contributed by atoms with Crippen molar-refractivity contribution >= 4 is 17.5 Å². The molecule has 1 aromatic heterocycles. The van der Waals surface area contributed by atoms with Gasteiger partial charge in [0.2, 0.25) is 5.95 Å². The van der Waals surface area contributed by atoms with Gasteiger partial charge in [-0.05, 0) is 12.3 Å². The second-order valence-corrected chi connectivity index (χ2v) is 4.48. The van der Waals surface area contributed by atoms with E-state index in [1.54, 1.807) is 12.4 Å².